The van der Waals surface area contributed by atoms with Crippen molar-refractivity contribution in [1.82, 2.24) is 5.32 Å². The highest BCUT2D eigenvalue weighted by Crippen LogP contribution is 2.31. The van der Waals surface area contributed by atoms with Crippen LogP contribution in [-0.2, 0) is 0 Å². The summed E-state index contributed by atoms with van der Waals surface area (Å²) >= 11 is 0. The van der Waals surface area contributed by atoms with Crippen molar-refractivity contribution < 1.29 is 14.6 Å². The number of hydrogen-bond acceptors (Lipinski definition) is 4. The summed E-state index contributed by atoms with van der Waals surface area (Å²) in [5, 5.41) is 22.7. The van der Waals surface area contributed by atoms with Crippen molar-refractivity contribution >= 4 is 5.69 Å². The Morgan fingerprint density at radius 1 is 1.35 bits per heavy atom. The van der Waals surface area contributed by atoms with Crippen LogP contribution in [0.5, 0.6) is 0 Å². The normalized spacial score (nSPS) is 24.2. The van der Waals surface area contributed by atoms with Crippen LogP contribution < -0.4 is 10.2 Å². The van der Waals surface area contributed by atoms with Crippen molar-refractivity contribution in [1.29, 1.82) is 0 Å². The third kappa shape index (κ3) is 2.95. The van der Waals surface area contributed by atoms with E-state index >= 15 is 0 Å². The van der Waals surface area contributed by atoms with E-state index < -0.39 is 12.2 Å². The molecule has 0 aromatic heterocycles. The summed E-state index contributed by atoms with van der Waals surface area (Å²) in [4.78, 5) is 1.92. The zero-order valence-corrected chi connectivity index (χ0v) is 12.2. The molecule has 0 bridgehead atoms. The van der Waals surface area contributed by atoms with Gasteiger partial charge in [-0.25, -0.2) is 4.39 Å². The fraction of sp³-hybridized carbons (Fsp3) is 0.600. The molecule has 5 heteroatoms. The molecular formula is C15H23FN2O2. The van der Waals surface area contributed by atoms with Gasteiger partial charge in [0.2, 0.25) is 0 Å². The maximum atomic E-state index is 13.9. The highest BCUT2D eigenvalue weighted by Gasteiger charge is 2.31. The Kier molecular flexibility index (Phi) is 4.62. The maximum Gasteiger partial charge on any atom is 0.126 e. The number of aliphatic hydroxyl groups excluding tert-OH is 2. The van der Waals surface area contributed by atoms with E-state index in [1.165, 1.54) is 0 Å². The highest BCUT2D eigenvalue weighted by molar-refractivity contribution is 5.58. The van der Waals surface area contributed by atoms with E-state index in [1.54, 1.807) is 19.1 Å². The third-order valence-corrected chi connectivity index (χ3v) is 3.88. The minimum Gasteiger partial charge on any atom is -0.389 e. The Bertz CT molecular complexity index is 471. The summed E-state index contributed by atoms with van der Waals surface area (Å²) in [6.07, 6.45) is -1.50. The quantitative estimate of drug-likeness (QED) is 0.780. The molecule has 0 radical (unpaired) electrons. The Labute approximate surface area is 119 Å². The van der Waals surface area contributed by atoms with Crippen molar-refractivity contribution in [2.75, 3.05) is 24.5 Å². The lowest BCUT2D eigenvalue weighted by molar-refractivity contribution is 0.0572. The molecule has 1 aromatic carbocycles. The van der Waals surface area contributed by atoms with Gasteiger partial charge < -0.3 is 20.4 Å². The van der Waals surface area contributed by atoms with Crippen molar-refractivity contribution in [3.05, 3.63) is 29.1 Å². The Morgan fingerprint density at radius 2 is 1.95 bits per heavy atom. The molecule has 4 nitrogen and oxygen atoms in total. The summed E-state index contributed by atoms with van der Waals surface area (Å²) < 4.78 is 13.9. The maximum absolute atomic E-state index is 13.9. The number of aryl methyl sites for hydroxylation is 1. The van der Waals surface area contributed by atoms with Gasteiger partial charge in [0.15, 0.2) is 0 Å². The topological polar surface area (TPSA) is 55.7 Å². The largest absolute Gasteiger partial charge is 0.389 e. The average molecular weight is 282 g/mol. The van der Waals surface area contributed by atoms with Crippen molar-refractivity contribution in [3.8, 4) is 0 Å². The number of aliphatic hydroxyl groups is 2. The van der Waals surface area contributed by atoms with Crippen LogP contribution in [0.2, 0.25) is 0 Å². The lowest BCUT2D eigenvalue weighted by atomic mass is 10.0. The first-order valence-electron chi connectivity index (χ1n) is 7.08. The van der Waals surface area contributed by atoms with Crippen LogP contribution in [0.1, 0.15) is 31.0 Å². The highest BCUT2D eigenvalue weighted by atomic mass is 19.1. The fourth-order valence-electron chi connectivity index (χ4n) is 2.68. The number of nitrogens with one attached hydrogen (secondary N) is 1. The Balaban J connectivity index is 2.37. The molecule has 20 heavy (non-hydrogen) atoms. The zero-order valence-electron chi connectivity index (χ0n) is 12.2. The zero-order chi connectivity index (χ0) is 14.9. The lowest BCUT2D eigenvalue weighted by Gasteiger charge is -2.25. The second-order valence-corrected chi connectivity index (χ2v) is 5.48. The van der Waals surface area contributed by atoms with Crippen LogP contribution in [0.3, 0.4) is 0 Å². The molecule has 3 N–H and O–H groups in total. The van der Waals surface area contributed by atoms with Gasteiger partial charge in [0.1, 0.15) is 5.82 Å². The third-order valence-electron chi connectivity index (χ3n) is 3.88. The molecule has 3 atom stereocenters. The van der Waals surface area contributed by atoms with Gasteiger partial charge in [-0.15, -0.1) is 0 Å². The van der Waals surface area contributed by atoms with Gasteiger partial charge in [-0.05, 0) is 43.7 Å². The SMILES string of the molecule is CCNC(C)c1cc(F)c(C)cc1N1CC(O)C(O)C1. The summed E-state index contributed by atoms with van der Waals surface area (Å²) in [5.41, 5.74) is 2.31. The van der Waals surface area contributed by atoms with Crippen LogP contribution in [0.4, 0.5) is 10.1 Å². The number of anilines is 1. The van der Waals surface area contributed by atoms with E-state index in [4.69, 9.17) is 0 Å². The Morgan fingerprint density at radius 3 is 2.50 bits per heavy atom. The van der Waals surface area contributed by atoms with Gasteiger partial charge in [-0.1, -0.05) is 6.92 Å². The van der Waals surface area contributed by atoms with Gasteiger partial charge >= 0.3 is 0 Å². The molecule has 1 saturated heterocycles. The molecule has 112 valence electrons. The van der Waals surface area contributed by atoms with E-state index in [9.17, 15) is 14.6 Å². The number of benzene rings is 1. The minimum atomic E-state index is -0.748. The first kappa shape index (κ1) is 15.2. The van der Waals surface area contributed by atoms with Crippen LogP contribution in [-0.4, -0.2) is 42.1 Å². The number of halogens is 1. The lowest BCUT2D eigenvalue weighted by Crippen LogP contribution is -2.26. The van der Waals surface area contributed by atoms with E-state index in [2.05, 4.69) is 5.32 Å². The van der Waals surface area contributed by atoms with Gasteiger partial charge in [0.25, 0.3) is 0 Å². The molecule has 0 amide bonds. The molecule has 0 saturated carbocycles. The monoisotopic (exact) mass is 282 g/mol. The molecule has 1 aliphatic rings. The van der Waals surface area contributed by atoms with E-state index in [-0.39, 0.29) is 11.9 Å². The number of β-amino-alcohol motifs (C(OH)–C–C–N with tert-alkyl or cyclic N) is 2. The molecule has 0 aliphatic carbocycles. The number of hydrogen-bond donors (Lipinski definition) is 3. The second-order valence-electron chi connectivity index (χ2n) is 5.48. The standard InChI is InChI=1S/C15H23FN2O2/c1-4-17-10(3)11-6-12(16)9(2)5-13(11)18-7-14(19)15(20)8-18/h5-6,10,14-15,17,19-20H,4,7-8H2,1-3H3. The van der Waals surface area contributed by atoms with Crippen molar-refractivity contribution in [2.45, 2.75) is 39.0 Å². The van der Waals surface area contributed by atoms with Gasteiger partial charge in [-0.3, -0.25) is 0 Å². The molecule has 1 aromatic rings. The molecule has 1 aliphatic heterocycles. The summed E-state index contributed by atoms with van der Waals surface area (Å²) in [6, 6.07) is 3.36. The average Bonchev–Trinajstić information content (AvgIpc) is 2.72. The van der Waals surface area contributed by atoms with Gasteiger partial charge in [0, 0.05) is 24.8 Å². The summed E-state index contributed by atoms with van der Waals surface area (Å²) in [6.45, 7) is 7.26. The summed E-state index contributed by atoms with van der Waals surface area (Å²) in [5.74, 6) is -0.228. The van der Waals surface area contributed by atoms with Crippen molar-refractivity contribution in [2.24, 2.45) is 0 Å². The van der Waals surface area contributed by atoms with Crippen LogP contribution in [0, 0.1) is 12.7 Å². The smallest absolute Gasteiger partial charge is 0.126 e. The van der Waals surface area contributed by atoms with Crippen LogP contribution in [0.15, 0.2) is 12.1 Å². The first-order chi connectivity index (χ1) is 9.43. The van der Waals surface area contributed by atoms with Crippen molar-refractivity contribution in [3.63, 3.8) is 0 Å². The van der Waals surface area contributed by atoms with Gasteiger partial charge in [0.05, 0.1) is 12.2 Å². The van der Waals surface area contributed by atoms with E-state index in [0.717, 1.165) is 17.8 Å². The summed E-state index contributed by atoms with van der Waals surface area (Å²) in [7, 11) is 0. The van der Waals surface area contributed by atoms with Crippen LogP contribution >= 0.6 is 0 Å². The number of nitrogens with zero attached hydrogens (tertiary/aromatic N) is 1. The molecule has 3 unspecified atom stereocenters. The minimum absolute atomic E-state index is 0.0139. The molecule has 1 heterocycles. The molecular weight excluding hydrogens is 259 g/mol. The Hall–Kier alpha value is -1.17. The van der Waals surface area contributed by atoms with Gasteiger partial charge in [-0.2, -0.15) is 0 Å². The molecule has 2 rings (SSSR count). The fourth-order valence-corrected chi connectivity index (χ4v) is 2.68. The first-order valence-corrected chi connectivity index (χ1v) is 7.08. The van der Waals surface area contributed by atoms with E-state index in [1.807, 2.05) is 18.7 Å². The number of rotatable bonds is 4. The second kappa shape index (κ2) is 6.08. The van der Waals surface area contributed by atoms with E-state index in [0.29, 0.717) is 18.7 Å². The molecule has 1 fully saturated rings. The predicted octanol–water partition coefficient (Wildman–Crippen LogP) is 1.35. The van der Waals surface area contributed by atoms with Crippen LogP contribution in [0.25, 0.3) is 0 Å². The molecule has 0 spiro atoms. The predicted molar refractivity (Wildman–Crippen MR) is 77.5 cm³/mol.